The fourth-order valence-corrected chi connectivity index (χ4v) is 14.9. The fraction of sp³-hybridized carbons (Fsp3) is 0.593. The first kappa shape index (κ1) is 51.4. The van der Waals surface area contributed by atoms with Gasteiger partial charge in [0.25, 0.3) is 0 Å². The maximum atomic E-state index is 2.58. The molecule has 0 atom stereocenters. The largest absolute Gasteiger partial charge is 0.0578 e. The third-order valence-corrected chi connectivity index (χ3v) is 18.0. The molecule has 0 fully saturated rings. The van der Waals surface area contributed by atoms with Gasteiger partial charge in [-0.15, -0.1) is 0 Å². The molecule has 0 amide bonds. The van der Waals surface area contributed by atoms with Crippen molar-refractivity contribution in [2.75, 3.05) is 12.3 Å². The quantitative estimate of drug-likeness (QED) is 0.155. The molecule has 0 aliphatic heterocycles. The first-order valence-electron chi connectivity index (χ1n) is 23.5. The van der Waals surface area contributed by atoms with Crippen LogP contribution in [0, 0.1) is 0 Å². The highest BCUT2D eigenvalue weighted by atomic mass is 31.1. The fourth-order valence-electron chi connectivity index (χ4n) is 8.48. The SMILES string of the molecule is CC(C)(C)c1ccc(P(CCCP(c2ccc(C(C)(C)C)cc2C(C)(C)C)c2ccc(C(C)(C)C)cc2C(C)(C)C)c2ccc(C(C)(C)C)cc2C(C)(C)C)c(C(C)(C)C)c1. The molecule has 4 rings (SSSR count). The molecule has 0 unspecified atom stereocenters. The van der Waals surface area contributed by atoms with Crippen LogP contribution in [-0.4, -0.2) is 12.3 Å². The Balaban J connectivity index is 2.05. The van der Waals surface area contributed by atoms with Crippen molar-refractivity contribution in [2.45, 2.75) is 216 Å². The van der Waals surface area contributed by atoms with Gasteiger partial charge in [-0.2, -0.15) is 0 Å². The van der Waals surface area contributed by atoms with Crippen molar-refractivity contribution < 1.29 is 0 Å². The van der Waals surface area contributed by atoms with E-state index in [9.17, 15) is 0 Å². The van der Waals surface area contributed by atoms with Gasteiger partial charge >= 0.3 is 0 Å². The van der Waals surface area contributed by atoms with Gasteiger partial charge in [0.05, 0.1) is 0 Å². The number of hydrogen-bond donors (Lipinski definition) is 0. The van der Waals surface area contributed by atoms with E-state index in [1.807, 2.05) is 0 Å². The number of benzene rings is 4. The monoisotopic (exact) mass is 861 g/mol. The zero-order valence-corrected chi connectivity index (χ0v) is 45.7. The summed E-state index contributed by atoms with van der Waals surface area (Å²) in [7, 11) is -1.35. The Morgan fingerprint density at radius 3 is 0.590 bits per heavy atom. The van der Waals surface area contributed by atoms with Crippen LogP contribution in [0.1, 0.15) is 217 Å². The molecule has 0 aliphatic carbocycles. The van der Waals surface area contributed by atoms with E-state index in [0.717, 1.165) is 0 Å². The third-order valence-electron chi connectivity index (χ3n) is 12.6. The summed E-state index contributed by atoms with van der Waals surface area (Å²) in [5.41, 5.74) is 12.2. The van der Waals surface area contributed by atoms with Crippen LogP contribution in [-0.2, 0) is 43.3 Å². The van der Waals surface area contributed by atoms with E-state index in [2.05, 4.69) is 239 Å². The average Bonchev–Trinajstić information content (AvgIpc) is 3.08. The van der Waals surface area contributed by atoms with E-state index in [-0.39, 0.29) is 43.3 Å². The summed E-state index contributed by atoms with van der Waals surface area (Å²) in [6, 6.07) is 30.4. The van der Waals surface area contributed by atoms with E-state index in [4.69, 9.17) is 0 Å². The van der Waals surface area contributed by atoms with Crippen LogP contribution in [0.3, 0.4) is 0 Å². The minimum atomic E-state index is -0.677. The van der Waals surface area contributed by atoms with E-state index in [1.54, 1.807) is 21.2 Å². The maximum absolute atomic E-state index is 2.58. The molecule has 4 aromatic carbocycles. The first-order valence-corrected chi connectivity index (χ1v) is 26.5. The lowest BCUT2D eigenvalue weighted by atomic mass is 9.80. The van der Waals surface area contributed by atoms with Crippen molar-refractivity contribution in [2.24, 2.45) is 0 Å². The molecule has 0 radical (unpaired) electrons. The lowest BCUT2D eigenvalue weighted by Crippen LogP contribution is -2.32. The second-order valence-electron chi connectivity index (χ2n) is 26.6. The third kappa shape index (κ3) is 12.5. The van der Waals surface area contributed by atoms with Crippen LogP contribution in [0.2, 0.25) is 0 Å². The van der Waals surface area contributed by atoms with Gasteiger partial charge in [0.15, 0.2) is 0 Å². The van der Waals surface area contributed by atoms with Gasteiger partial charge in [-0.25, -0.2) is 0 Å². The maximum Gasteiger partial charge on any atom is -0.0125 e. The molecule has 0 spiro atoms. The zero-order chi connectivity index (χ0) is 46.7. The Morgan fingerprint density at radius 2 is 0.443 bits per heavy atom. The Labute approximate surface area is 380 Å². The van der Waals surface area contributed by atoms with Crippen molar-refractivity contribution in [3.63, 3.8) is 0 Å². The minimum Gasteiger partial charge on any atom is -0.0578 e. The Bertz CT molecular complexity index is 1830. The summed E-state index contributed by atoms with van der Waals surface area (Å²) in [5, 5.41) is 6.29. The lowest BCUT2D eigenvalue weighted by Gasteiger charge is -2.36. The van der Waals surface area contributed by atoms with Crippen LogP contribution in [0.15, 0.2) is 72.8 Å². The van der Waals surface area contributed by atoms with Crippen LogP contribution in [0.4, 0.5) is 0 Å². The topological polar surface area (TPSA) is 0 Å². The smallest absolute Gasteiger partial charge is 0.0125 e. The molecule has 0 saturated carbocycles. The molecule has 0 N–H and O–H groups in total. The molecule has 0 bridgehead atoms. The van der Waals surface area contributed by atoms with Gasteiger partial charge in [-0.05, 0) is 144 Å². The molecule has 0 saturated heterocycles. The number of hydrogen-bond acceptors (Lipinski definition) is 0. The highest BCUT2D eigenvalue weighted by Gasteiger charge is 2.34. The molecule has 336 valence electrons. The van der Waals surface area contributed by atoms with Crippen molar-refractivity contribution in [3.8, 4) is 0 Å². The second kappa shape index (κ2) is 17.6. The molecule has 0 aromatic heterocycles. The van der Waals surface area contributed by atoms with Crippen molar-refractivity contribution in [1.82, 2.24) is 0 Å². The second-order valence-corrected chi connectivity index (χ2v) is 31.1. The summed E-state index contributed by atoms with van der Waals surface area (Å²) in [5.74, 6) is 0. The molecule has 2 heteroatoms. The van der Waals surface area contributed by atoms with Crippen molar-refractivity contribution >= 4 is 37.1 Å². The van der Waals surface area contributed by atoms with E-state index in [1.165, 1.54) is 63.3 Å². The summed E-state index contributed by atoms with van der Waals surface area (Å²) in [4.78, 5) is 0. The Morgan fingerprint density at radius 1 is 0.262 bits per heavy atom. The van der Waals surface area contributed by atoms with Crippen LogP contribution in [0.25, 0.3) is 0 Å². The van der Waals surface area contributed by atoms with E-state index >= 15 is 0 Å². The van der Waals surface area contributed by atoms with Crippen molar-refractivity contribution in [1.29, 1.82) is 0 Å². The van der Waals surface area contributed by atoms with Gasteiger partial charge < -0.3 is 0 Å². The number of rotatable bonds is 8. The van der Waals surface area contributed by atoms with Gasteiger partial charge in [0.1, 0.15) is 0 Å². The summed E-state index contributed by atoms with van der Waals surface area (Å²) < 4.78 is 0. The molecule has 0 aliphatic rings. The van der Waals surface area contributed by atoms with E-state index in [0.29, 0.717) is 0 Å². The first-order chi connectivity index (χ1) is 27.3. The molecule has 61 heavy (non-hydrogen) atoms. The zero-order valence-electron chi connectivity index (χ0n) is 43.9. The minimum absolute atomic E-state index is 0.0177. The van der Waals surface area contributed by atoms with Gasteiger partial charge in [0.2, 0.25) is 0 Å². The summed E-state index contributed by atoms with van der Waals surface area (Å²) >= 11 is 0. The Kier molecular flexibility index (Phi) is 14.8. The average molecular weight is 861 g/mol. The van der Waals surface area contributed by atoms with E-state index < -0.39 is 15.8 Å². The Hall–Kier alpha value is -2.26. The standard InChI is InChI=1S/C59H90P2/c1-52(2,3)40-26-30-48(44(36-40)56(13,14)15)60(49-31-27-41(53(4,5)6)37-45(49)57(16,17)18)34-25-35-61(50-32-28-42(54(7,8)9)38-46(50)58(19,20)21)51-33-29-43(55(10,11)12)39-47(51)59(22,23)24/h26-33,36-39H,25,34-35H2,1-24H3. The highest BCUT2D eigenvalue weighted by molar-refractivity contribution is 7.74. The van der Waals surface area contributed by atoms with Gasteiger partial charge in [-0.1, -0.05) is 239 Å². The normalized spacial score (nSPS) is 14.1. The van der Waals surface area contributed by atoms with Crippen molar-refractivity contribution in [3.05, 3.63) is 117 Å². The summed E-state index contributed by atoms with van der Waals surface area (Å²) in [6.45, 7) is 57.6. The van der Waals surface area contributed by atoms with Gasteiger partial charge in [-0.3, -0.25) is 0 Å². The van der Waals surface area contributed by atoms with Crippen LogP contribution in [0.5, 0.6) is 0 Å². The predicted molar refractivity (Wildman–Crippen MR) is 282 cm³/mol. The molecular weight excluding hydrogens is 771 g/mol. The predicted octanol–water partition coefficient (Wildman–Crippen LogP) is 16.0. The molecule has 0 nitrogen and oxygen atoms in total. The summed E-state index contributed by atoms with van der Waals surface area (Å²) in [6.07, 6.45) is 3.50. The van der Waals surface area contributed by atoms with Crippen LogP contribution >= 0.6 is 15.8 Å². The van der Waals surface area contributed by atoms with Gasteiger partial charge in [0, 0.05) is 0 Å². The lowest BCUT2D eigenvalue weighted by molar-refractivity contribution is 0.570. The molecule has 4 aromatic rings. The molecular formula is C59H90P2. The highest BCUT2D eigenvalue weighted by Crippen LogP contribution is 2.48. The van der Waals surface area contributed by atoms with Crippen LogP contribution < -0.4 is 21.2 Å². The molecule has 0 heterocycles.